The zero-order valence-corrected chi connectivity index (χ0v) is 19.5. The molecular formula is C23H28ClN5O3. The third-order valence-corrected chi connectivity index (χ3v) is 5.52. The van der Waals surface area contributed by atoms with E-state index in [-0.39, 0.29) is 11.4 Å². The second kappa shape index (κ2) is 8.86. The summed E-state index contributed by atoms with van der Waals surface area (Å²) in [5.41, 5.74) is 3.47. The number of rotatable bonds is 5. The van der Waals surface area contributed by atoms with Gasteiger partial charge < -0.3 is 24.7 Å². The molecule has 0 aliphatic carbocycles. The van der Waals surface area contributed by atoms with E-state index in [1.165, 1.54) is 5.56 Å². The number of carbonyl (C=O) groups is 1. The highest BCUT2D eigenvalue weighted by atomic mass is 35.5. The van der Waals surface area contributed by atoms with Crippen LogP contribution in [0.25, 0.3) is 10.9 Å². The molecule has 170 valence electrons. The largest absolute Gasteiger partial charge is 0.497 e. The van der Waals surface area contributed by atoms with Gasteiger partial charge in [0.2, 0.25) is 5.28 Å². The molecule has 2 aromatic heterocycles. The molecule has 0 unspecified atom stereocenters. The molecule has 0 fully saturated rings. The molecular weight excluding hydrogens is 430 g/mol. The van der Waals surface area contributed by atoms with Crippen LogP contribution in [0.5, 0.6) is 5.75 Å². The number of methoxy groups -OCH3 is 1. The molecule has 1 aromatic carbocycles. The predicted octanol–water partition coefficient (Wildman–Crippen LogP) is 4.57. The Kier molecular flexibility index (Phi) is 6.15. The average molecular weight is 458 g/mol. The Labute approximate surface area is 192 Å². The van der Waals surface area contributed by atoms with Gasteiger partial charge in [0.05, 0.1) is 19.3 Å². The number of halogens is 1. The highest BCUT2D eigenvalue weighted by Gasteiger charge is 2.28. The fraction of sp³-hybridized carbons (Fsp3) is 0.435. The number of benzene rings is 1. The van der Waals surface area contributed by atoms with E-state index in [0.717, 1.165) is 40.1 Å². The maximum absolute atomic E-state index is 12.4. The normalized spacial score (nSPS) is 13.7. The molecule has 0 bridgehead atoms. The smallest absolute Gasteiger partial charge is 0.410 e. The summed E-state index contributed by atoms with van der Waals surface area (Å²) in [4.78, 5) is 26.2. The molecule has 3 aromatic rings. The molecule has 1 aliphatic rings. The first kappa shape index (κ1) is 22.2. The fourth-order valence-corrected chi connectivity index (χ4v) is 4.02. The van der Waals surface area contributed by atoms with Crippen molar-refractivity contribution in [3.05, 3.63) is 46.5 Å². The number of nitrogens with zero attached hydrogens (tertiary/aromatic N) is 3. The number of hydrogen-bond acceptors (Lipinski definition) is 6. The summed E-state index contributed by atoms with van der Waals surface area (Å²) in [6.45, 7) is 7.14. The Morgan fingerprint density at radius 3 is 2.88 bits per heavy atom. The van der Waals surface area contributed by atoms with Crippen LogP contribution < -0.4 is 10.1 Å². The van der Waals surface area contributed by atoms with Crippen molar-refractivity contribution in [1.29, 1.82) is 0 Å². The Bertz CT molecular complexity index is 1140. The summed E-state index contributed by atoms with van der Waals surface area (Å²) in [5.74, 6) is 1.55. The van der Waals surface area contributed by atoms with E-state index in [2.05, 4.69) is 20.3 Å². The summed E-state index contributed by atoms with van der Waals surface area (Å²) in [5, 5.41) is 4.71. The van der Waals surface area contributed by atoms with Crippen molar-refractivity contribution in [2.45, 2.75) is 45.8 Å². The second-order valence-electron chi connectivity index (χ2n) is 8.82. The number of aromatic nitrogens is 3. The van der Waals surface area contributed by atoms with Crippen molar-refractivity contribution >= 4 is 34.4 Å². The van der Waals surface area contributed by atoms with Crippen molar-refractivity contribution in [2.24, 2.45) is 0 Å². The van der Waals surface area contributed by atoms with Crippen LogP contribution in [-0.2, 0) is 24.1 Å². The summed E-state index contributed by atoms with van der Waals surface area (Å²) < 4.78 is 10.8. The number of amides is 1. The average Bonchev–Trinajstić information content (AvgIpc) is 3.14. The van der Waals surface area contributed by atoms with E-state index in [9.17, 15) is 4.79 Å². The molecule has 0 spiro atoms. The summed E-state index contributed by atoms with van der Waals surface area (Å²) in [7, 11) is 1.67. The lowest BCUT2D eigenvalue weighted by molar-refractivity contribution is 0.0221. The van der Waals surface area contributed by atoms with Gasteiger partial charge in [-0.3, -0.25) is 0 Å². The third kappa shape index (κ3) is 4.91. The number of nitrogens with one attached hydrogen (secondary N) is 2. The number of hydrogen-bond donors (Lipinski definition) is 2. The molecule has 2 N–H and O–H groups in total. The van der Waals surface area contributed by atoms with Gasteiger partial charge in [-0.2, -0.15) is 0 Å². The molecule has 32 heavy (non-hydrogen) atoms. The summed E-state index contributed by atoms with van der Waals surface area (Å²) >= 11 is 6.19. The van der Waals surface area contributed by atoms with Crippen LogP contribution in [0, 0.1) is 0 Å². The maximum Gasteiger partial charge on any atom is 0.410 e. The Morgan fingerprint density at radius 2 is 2.12 bits per heavy atom. The van der Waals surface area contributed by atoms with Crippen LogP contribution in [0.3, 0.4) is 0 Å². The van der Waals surface area contributed by atoms with E-state index in [0.29, 0.717) is 26.1 Å². The number of ether oxygens (including phenoxy) is 2. The van der Waals surface area contributed by atoms with Gasteiger partial charge in [0.25, 0.3) is 0 Å². The standard InChI is InChI=1S/C23H28ClN5O3/c1-23(2,3)32-22(30)29-10-8-16-19(13-29)27-21(24)28-20(16)25-9-7-14-12-26-18-6-5-15(31-4)11-17(14)18/h5-6,11-12,26H,7-10,13H2,1-4H3,(H,25,27,28). The summed E-state index contributed by atoms with van der Waals surface area (Å²) in [6.07, 6.45) is 3.11. The van der Waals surface area contributed by atoms with Gasteiger partial charge in [-0.25, -0.2) is 14.8 Å². The minimum Gasteiger partial charge on any atom is -0.497 e. The van der Waals surface area contributed by atoms with E-state index in [4.69, 9.17) is 21.1 Å². The van der Waals surface area contributed by atoms with Crippen molar-refractivity contribution in [3.63, 3.8) is 0 Å². The molecule has 9 heteroatoms. The van der Waals surface area contributed by atoms with Crippen LogP contribution in [0.1, 0.15) is 37.6 Å². The molecule has 1 amide bonds. The molecule has 1 aliphatic heterocycles. The van der Waals surface area contributed by atoms with Crippen LogP contribution in [0.2, 0.25) is 5.28 Å². The highest BCUT2D eigenvalue weighted by molar-refractivity contribution is 6.28. The molecule has 0 radical (unpaired) electrons. The highest BCUT2D eigenvalue weighted by Crippen LogP contribution is 2.27. The Hall–Kier alpha value is -3.00. The van der Waals surface area contributed by atoms with Gasteiger partial charge in [0.1, 0.15) is 17.2 Å². The summed E-state index contributed by atoms with van der Waals surface area (Å²) in [6, 6.07) is 5.99. The van der Waals surface area contributed by atoms with Gasteiger partial charge >= 0.3 is 6.09 Å². The van der Waals surface area contributed by atoms with E-state index < -0.39 is 5.60 Å². The van der Waals surface area contributed by atoms with Gasteiger partial charge in [-0.1, -0.05) is 0 Å². The minimum absolute atomic E-state index is 0.161. The quantitative estimate of drug-likeness (QED) is 0.545. The molecule has 0 atom stereocenters. The van der Waals surface area contributed by atoms with Crippen molar-refractivity contribution in [3.8, 4) is 5.75 Å². The van der Waals surface area contributed by atoms with Crippen LogP contribution in [0.15, 0.2) is 24.4 Å². The Morgan fingerprint density at radius 1 is 1.31 bits per heavy atom. The topological polar surface area (TPSA) is 92.4 Å². The first-order chi connectivity index (χ1) is 15.2. The minimum atomic E-state index is -0.542. The lowest BCUT2D eigenvalue weighted by atomic mass is 10.1. The van der Waals surface area contributed by atoms with E-state index >= 15 is 0 Å². The lowest BCUT2D eigenvalue weighted by Gasteiger charge is -2.31. The van der Waals surface area contributed by atoms with Gasteiger partial charge in [-0.15, -0.1) is 0 Å². The lowest BCUT2D eigenvalue weighted by Crippen LogP contribution is -2.40. The number of aromatic amines is 1. The fourth-order valence-electron chi connectivity index (χ4n) is 3.84. The number of carbonyl (C=O) groups excluding carboxylic acids is 1. The van der Waals surface area contributed by atoms with Gasteiger partial charge in [0, 0.05) is 35.8 Å². The van der Waals surface area contributed by atoms with Crippen molar-refractivity contribution in [1.82, 2.24) is 19.9 Å². The molecule has 0 saturated carbocycles. The van der Waals surface area contributed by atoms with Gasteiger partial charge in [-0.05, 0) is 69.0 Å². The van der Waals surface area contributed by atoms with Crippen molar-refractivity contribution in [2.75, 3.05) is 25.5 Å². The van der Waals surface area contributed by atoms with Crippen LogP contribution in [0.4, 0.5) is 10.6 Å². The van der Waals surface area contributed by atoms with E-state index in [1.54, 1.807) is 12.0 Å². The van der Waals surface area contributed by atoms with Gasteiger partial charge in [0.15, 0.2) is 0 Å². The molecule has 8 nitrogen and oxygen atoms in total. The zero-order valence-electron chi connectivity index (χ0n) is 18.8. The number of anilines is 1. The second-order valence-corrected chi connectivity index (χ2v) is 9.16. The maximum atomic E-state index is 12.4. The molecule has 0 saturated heterocycles. The molecule has 4 rings (SSSR count). The Balaban J connectivity index is 1.45. The zero-order chi connectivity index (χ0) is 22.9. The monoisotopic (exact) mass is 457 g/mol. The van der Waals surface area contributed by atoms with Crippen LogP contribution in [-0.4, -0.2) is 51.7 Å². The van der Waals surface area contributed by atoms with Crippen molar-refractivity contribution < 1.29 is 14.3 Å². The number of fused-ring (bicyclic) bond motifs is 2. The predicted molar refractivity (Wildman–Crippen MR) is 124 cm³/mol. The SMILES string of the molecule is COc1ccc2[nH]cc(CCNc3nc(Cl)nc4c3CCN(C(=O)OC(C)(C)C)C4)c2c1. The van der Waals surface area contributed by atoms with Crippen LogP contribution >= 0.6 is 11.6 Å². The first-order valence-electron chi connectivity index (χ1n) is 10.6. The number of H-pyrrole nitrogens is 1. The first-order valence-corrected chi connectivity index (χ1v) is 11.0. The van der Waals surface area contributed by atoms with E-state index in [1.807, 2.05) is 45.2 Å². The third-order valence-electron chi connectivity index (χ3n) is 5.35. The molecule has 3 heterocycles.